The number of ether oxygens (including phenoxy) is 4. The van der Waals surface area contributed by atoms with Gasteiger partial charge in [0.1, 0.15) is 29.8 Å². The smallest absolute Gasteiger partial charge is 0.253 e. The number of imide groups is 1. The minimum absolute atomic E-state index is 0.0552. The Balaban J connectivity index is 1.51. The molecule has 2 amide bonds. The topological polar surface area (TPSA) is 83.5 Å². The summed E-state index contributed by atoms with van der Waals surface area (Å²) >= 11 is 0. The zero-order chi connectivity index (χ0) is 30.1. The van der Waals surface area contributed by atoms with Crippen molar-refractivity contribution in [3.63, 3.8) is 0 Å². The van der Waals surface area contributed by atoms with Gasteiger partial charge in [0.05, 0.1) is 27.4 Å². The normalized spacial score (nSPS) is 14.1. The van der Waals surface area contributed by atoms with Crippen molar-refractivity contribution in [2.24, 2.45) is 0 Å². The van der Waals surface area contributed by atoms with Gasteiger partial charge in [0, 0.05) is 12.8 Å². The molecule has 222 valence electrons. The molecule has 0 aromatic heterocycles. The molecule has 0 spiro atoms. The molecule has 0 unspecified atom stereocenters. The maximum absolute atomic E-state index is 12.2. The molecule has 8 heteroatoms. The molecule has 4 aromatic rings. The molecule has 0 radical (unpaired) electrons. The van der Waals surface area contributed by atoms with Crippen LogP contribution >= 0.6 is 0 Å². The Labute approximate surface area is 251 Å². The largest absolute Gasteiger partial charge is 0.497 e. The van der Waals surface area contributed by atoms with Crippen molar-refractivity contribution in [3.05, 3.63) is 131 Å². The van der Waals surface area contributed by atoms with Crippen molar-refractivity contribution < 1.29 is 33.4 Å². The molecule has 4 aromatic carbocycles. The van der Waals surface area contributed by atoms with Crippen molar-refractivity contribution in [1.29, 1.82) is 0 Å². The van der Waals surface area contributed by atoms with Crippen LogP contribution in [-0.2, 0) is 36.1 Å². The summed E-state index contributed by atoms with van der Waals surface area (Å²) < 4.78 is 24.2. The van der Waals surface area contributed by atoms with E-state index in [9.17, 15) is 9.59 Å². The Morgan fingerprint density at radius 2 is 1.14 bits per heavy atom. The second kappa shape index (κ2) is 14.1. The first kappa shape index (κ1) is 30.0. The van der Waals surface area contributed by atoms with Gasteiger partial charge in [-0.15, -0.1) is 0 Å². The first-order valence-electron chi connectivity index (χ1n) is 14.2. The molecule has 43 heavy (non-hydrogen) atoms. The number of carbonyl (C=O) groups is 2. The van der Waals surface area contributed by atoms with Gasteiger partial charge in [0.25, 0.3) is 11.8 Å². The zero-order valence-electron chi connectivity index (χ0n) is 24.3. The first-order chi connectivity index (χ1) is 21.0. The number of methoxy groups -OCH3 is 2. The molecule has 0 bridgehead atoms. The monoisotopic (exact) mass is 581 g/mol. The van der Waals surface area contributed by atoms with E-state index >= 15 is 0 Å². The Bertz CT molecular complexity index is 1410. The van der Waals surface area contributed by atoms with Crippen molar-refractivity contribution in [3.8, 4) is 11.5 Å². The summed E-state index contributed by atoms with van der Waals surface area (Å²) in [6, 6.07) is 35.2. The highest BCUT2D eigenvalue weighted by Gasteiger charge is 2.39. The van der Waals surface area contributed by atoms with Crippen molar-refractivity contribution in [2.75, 3.05) is 27.4 Å². The summed E-state index contributed by atoms with van der Waals surface area (Å²) in [5.74, 6) is 0.723. The third kappa shape index (κ3) is 6.94. The summed E-state index contributed by atoms with van der Waals surface area (Å²) in [6.45, 7) is 0.319. The molecular formula is C35H35NO7. The molecule has 1 heterocycles. The van der Waals surface area contributed by atoms with Gasteiger partial charge < -0.3 is 18.9 Å². The number of rotatable bonds is 14. The summed E-state index contributed by atoms with van der Waals surface area (Å²) in [5, 5.41) is 0.844. The van der Waals surface area contributed by atoms with E-state index in [0.29, 0.717) is 6.61 Å². The van der Waals surface area contributed by atoms with Crippen LogP contribution in [-0.4, -0.2) is 50.4 Å². The van der Waals surface area contributed by atoms with E-state index in [4.69, 9.17) is 23.8 Å². The predicted molar refractivity (Wildman–Crippen MR) is 160 cm³/mol. The number of hydroxylamine groups is 2. The molecule has 1 atom stereocenters. The zero-order valence-corrected chi connectivity index (χ0v) is 24.3. The second-order valence-corrected chi connectivity index (χ2v) is 10.1. The molecule has 1 fully saturated rings. The quantitative estimate of drug-likeness (QED) is 0.140. The Morgan fingerprint density at radius 1 is 0.651 bits per heavy atom. The van der Waals surface area contributed by atoms with Crippen LogP contribution in [0.25, 0.3) is 0 Å². The highest BCUT2D eigenvalue weighted by atomic mass is 16.7. The van der Waals surface area contributed by atoms with E-state index in [2.05, 4.69) is 0 Å². The molecule has 8 nitrogen and oxygen atoms in total. The lowest BCUT2D eigenvalue weighted by Crippen LogP contribution is -2.39. The summed E-state index contributed by atoms with van der Waals surface area (Å²) in [5.41, 5.74) is 2.56. The van der Waals surface area contributed by atoms with Crippen LogP contribution in [0.5, 0.6) is 11.5 Å². The Morgan fingerprint density at radius 3 is 1.65 bits per heavy atom. The summed E-state index contributed by atoms with van der Waals surface area (Å²) in [7, 11) is 3.26. The van der Waals surface area contributed by atoms with E-state index < -0.39 is 11.7 Å². The van der Waals surface area contributed by atoms with Crippen LogP contribution in [0.2, 0.25) is 0 Å². The van der Waals surface area contributed by atoms with Crippen LogP contribution in [0.3, 0.4) is 0 Å². The SMILES string of the molecule is COc1ccc(C(OC[C@@H](CON2C(=O)CCC2=O)OCc2ccccc2)(c2ccccc2)c2ccc(OC)cc2)cc1. The van der Waals surface area contributed by atoms with Crippen LogP contribution in [0, 0.1) is 0 Å². The van der Waals surface area contributed by atoms with Crippen LogP contribution in [0.1, 0.15) is 35.1 Å². The average molecular weight is 582 g/mol. The highest BCUT2D eigenvalue weighted by Crippen LogP contribution is 2.42. The average Bonchev–Trinajstić information content (AvgIpc) is 3.39. The number of hydrogen-bond donors (Lipinski definition) is 0. The molecule has 0 aliphatic carbocycles. The van der Waals surface area contributed by atoms with Crippen LogP contribution in [0.15, 0.2) is 109 Å². The molecule has 0 saturated carbocycles. The van der Waals surface area contributed by atoms with E-state index in [1.807, 2.05) is 109 Å². The number of hydrogen-bond acceptors (Lipinski definition) is 7. The maximum atomic E-state index is 12.2. The Hall–Kier alpha value is -4.50. The molecule has 1 saturated heterocycles. The minimum Gasteiger partial charge on any atom is -0.497 e. The van der Waals surface area contributed by atoms with E-state index in [0.717, 1.165) is 38.8 Å². The standard InChI is InChI=1S/C35H35NO7/c1-39-30-17-13-28(14-18-30)35(27-11-7-4-8-12-27,29-15-19-31(40-2)20-16-29)42-24-32(41-23-26-9-5-3-6-10-26)25-43-36-33(37)21-22-34(36)38/h3-20,32H,21-25H2,1-2H3/t32-/m0/s1. The predicted octanol–water partition coefficient (Wildman–Crippen LogP) is 5.68. The lowest BCUT2D eigenvalue weighted by molar-refractivity contribution is -0.202. The summed E-state index contributed by atoms with van der Waals surface area (Å²) in [6.07, 6.45) is -0.352. The number of benzene rings is 4. The number of amides is 2. The lowest BCUT2D eigenvalue weighted by atomic mass is 9.80. The minimum atomic E-state index is -1.06. The molecule has 5 rings (SSSR count). The molecule has 1 aliphatic heterocycles. The molecular weight excluding hydrogens is 546 g/mol. The fraction of sp³-hybridized carbons (Fsp3) is 0.257. The van der Waals surface area contributed by atoms with Crippen molar-refractivity contribution >= 4 is 11.8 Å². The van der Waals surface area contributed by atoms with Gasteiger partial charge in [-0.25, -0.2) is 0 Å². The van der Waals surface area contributed by atoms with Gasteiger partial charge in [-0.05, 0) is 46.5 Å². The van der Waals surface area contributed by atoms with Gasteiger partial charge in [0.15, 0.2) is 0 Å². The van der Waals surface area contributed by atoms with E-state index in [-0.39, 0.29) is 37.9 Å². The van der Waals surface area contributed by atoms with Crippen molar-refractivity contribution in [1.82, 2.24) is 5.06 Å². The van der Waals surface area contributed by atoms with Gasteiger partial charge in [-0.1, -0.05) is 84.9 Å². The van der Waals surface area contributed by atoms with Gasteiger partial charge in [0.2, 0.25) is 0 Å². The number of nitrogens with zero attached hydrogens (tertiary/aromatic N) is 1. The first-order valence-corrected chi connectivity index (χ1v) is 14.2. The van der Waals surface area contributed by atoms with E-state index in [1.54, 1.807) is 14.2 Å². The fourth-order valence-electron chi connectivity index (χ4n) is 5.08. The van der Waals surface area contributed by atoms with E-state index in [1.165, 1.54) is 0 Å². The third-order valence-corrected chi connectivity index (χ3v) is 7.38. The van der Waals surface area contributed by atoms with Gasteiger partial charge in [-0.2, -0.15) is 5.06 Å². The Kier molecular flexibility index (Phi) is 9.84. The van der Waals surface area contributed by atoms with Crippen LogP contribution < -0.4 is 9.47 Å². The van der Waals surface area contributed by atoms with Gasteiger partial charge in [-0.3, -0.25) is 14.4 Å². The van der Waals surface area contributed by atoms with Gasteiger partial charge >= 0.3 is 0 Å². The second-order valence-electron chi connectivity index (χ2n) is 10.1. The lowest BCUT2D eigenvalue weighted by Gasteiger charge is -2.37. The summed E-state index contributed by atoms with van der Waals surface area (Å²) in [4.78, 5) is 30.2. The fourth-order valence-corrected chi connectivity index (χ4v) is 5.08. The van der Waals surface area contributed by atoms with Crippen LogP contribution in [0.4, 0.5) is 0 Å². The highest BCUT2D eigenvalue weighted by molar-refractivity contribution is 6.00. The molecule has 1 aliphatic rings. The van der Waals surface area contributed by atoms with Crippen molar-refractivity contribution in [2.45, 2.75) is 31.2 Å². The third-order valence-electron chi connectivity index (χ3n) is 7.38. The maximum Gasteiger partial charge on any atom is 0.253 e. The molecule has 0 N–H and O–H groups in total. The number of carbonyl (C=O) groups excluding carboxylic acids is 2.